The molecule has 0 fully saturated rings. The number of nitrogens with zero attached hydrogens (tertiary/aromatic N) is 3. The van der Waals surface area contributed by atoms with Crippen molar-refractivity contribution in [1.82, 2.24) is 9.55 Å². The SMILES string of the molecule is COc1cccc(C)c1N=CCn1ccnc1C. The summed E-state index contributed by atoms with van der Waals surface area (Å²) in [6, 6.07) is 5.91. The highest BCUT2D eigenvalue weighted by Gasteiger charge is 2.03. The Morgan fingerprint density at radius 2 is 2.22 bits per heavy atom. The molecule has 0 saturated heterocycles. The van der Waals surface area contributed by atoms with Crippen LogP contribution < -0.4 is 4.74 Å². The summed E-state index contributed by atoms with van der Waals surface area (Å²) >= 11 is 0. The number of imidazole rings is 1. The maximum Gasteiger partial charge on any atom is 0.144 e. The van der Waals surface area contributed by atoms with Gasteiger partial charge in [-0.15, -0.1) is 0 Å². The van der Waals surface area contributed by atoms with Crippen molar-refractivity contribution in [2.45, 2.75) is 20.4 Å². The number of aromatic nitrogens is 2. The van der Waals surface area contributed by atoms with Gasteiger partial charge in [0.25, 0.3) is 0 Å². The molecule has 0 bridgehead atoms. The molecule has 0 N–H and O–H groups in total. The van der Waals surface area contributed by atoms with Crippen LogP contribution in [0.25, 0.3) is 0 Å². The first-order chi connectivity index (χ1) is 8.72. The predicted molar refractivity (Wildman–Crippen MR) is 72.8 cm³/mol. The van der Waals surface area contributed by atoms with Crippen molar-refractivity contribution < 1.29 is 4.74 Å². The van der Waals surface area contributed by atoms with E-state index in [2.05, 4.69) is 9.98 Å². The van der Waals surface area contributed by atoms with Crippen molar-refractivity contribution in [3.8, 4) is 5.75 Å². The Labute approximate surface area is 107 Å². The van der Waals surface area contributed by atoms with Gasteiger partial charge >= 0.3 is 0 Å². The van der Waals surface area contributed by atoms with Crippen LogP contribution in [0.1, 0.15) is 11.4 Å². The fourth-order valence-corrected chi connectivity index (χ4v) is 1.78. The summed E-state index contributed by atoms with van der Waals surface area (Å²) in [7, 11) is 1.66. The van der Waals surface area contributed by atoms with Gasteiger partial charge in [-0.3, -0.25) is 4.99 Å². The summed E-state index contributed by atoms with van der Waals surface area (Å²) in [4.78, 5) is 8.66. The monoisotopic (exact) mass is 243 g/mol. The van der Waals surface area contributed by atoms with Gasteiger partial charge < -0.3 is 9.30 Å². The summed E-state index contributed by atoms with van der Waals surface area (Å²) < 4.78 is 7.34. The topological polar surface area (TPSA) is 39.4 Å². The zero-order chi connectivity index (χ0) is 13.0. The first-order valence-electron chi connectivity index (χ1n) is 5.86. The summed E-state index contributed by atoms with van der Waals surface area (Å²) in [6.45, 7) is 4.71. The van der Waals surface area contributed by atoms with Crippen molar-refractivity contribution in [3.63, 3.8) is 0 Å². The zero-order valence-corrected chi connectivity index (χ0v) is 10.9. The van der Waals surface area contributed by atoms with Crippen molar-refractivity contribution in [2.24, 2.45) is 4.99 Å². The highest BCUT2D eigenvalue weighted by atomic mass is 16.5. The minimum Gasteiger partial charge on any atom is -0.494 e. The second-order valence-electron chi connectivity index (χ2n) is 4.06. The molecule has 0 aliphatic heterocycles. The first kappa shape index (κ1) is 12.4. The molecular formula is C14H17N3O. The highest BCUT2D eigenvalue weighted by molar-refractivity contribution is 5.68. The van der Waals surface area contributed by atoms with Crippen LogP contribution in [0.5, 0.6) is 5.75 Å². The van der Waals surface area contributed by atoms with Crippen molar-refractivity contribution in [2.75, 3.05) is 7.11 Å². The van der Waals surface area contributed by atoms with Crippen LogP contribution in [0.2, 0.25) is 0 Å². The van der Waals surface area contributed by atoms with Crippen molar-refractivity contribution in [3.05, 3.63) is 42.0 Å². The maximum atomic E-state index is 5.30. The van der Waals surface area contributed by atoms with Crippen LogP contribution in [-0.2, 0) is 6.54 Å². The predicted octanol–water partition coefficient (Wildman–Crippen LogP) is 2.91. The largest absolute Gasteiger partial charge is 0.494 e. The number of para-hydroxylation sites is 1. The van der Waals surface area contributed by atoms with Crippen molar-refractivity contribution >= 4 is 11.9 Å². The van der Waals surface area contributed by atoms with E-state index in [4.69, 9.17) is 4.74 Å². The number of methoxy groups -OCH3 is 1. The minimum atomic E-state index is 0.712. The Bertz CT molecular complexity index is 558. The van der Waals surface area contributed by atoms with E-state index in [-0.39, 0.29) is 0 Å². The average Bonchev–Trinajstić information content (AvgIpc) is 2.77. The molecule has 0 unspecified atom stereocenters. The van der Waals surface area contributed by atoms with E-state index >= 15 is 0 Å². The third kappa shape index (κ3) is 2.59. The number of hydrogen-bond acceptors (Lipinski definition) is 3. The Hall–Kier alpha value is -2.10. The third-order valence-corrected chi connectivity index (χ3v) is 2.84. The van der Waals surface area contributed by atoms with Crippen molar-refractivity contribution in [1.29, 1.82) is 0 Å². The molecule has 1 aromatic carbocycles. The number of hydrogen-bond donors (Lipinski definition) is 0. The van der Waals surface area contributed by atoms with Gasteiger partial charge in [0, 0.05) is 18.6 Å². The number of ether oxygens (including phenoxy) is 1. The van der Waals surface area contributed by atoms with Crippen LogP contribution in [0.4, 0.5) is 5.69 Å². The quantitative estimate of drug-likeness (QED) is 0.774. The Balaban J connectivity index is 2.16. The van der Waals surface area contributed by atoms with Gasteiger partial charge in [0.2, 0.25) is 0 Å². The van der Waals surface area contributed by atoms with Crippen LogP contribution in [0.15, 0.2) is 35.6 Å². The molecular weight excluding hydrogens is 226 g/mol. The van der Waals surface area contributed by atoms with Gasteiger partial charge in [-0.1, -0.05) is 12.1 Å². The van der Waals surface area contributed by atoms with Gasteiger partial charge in [-0.2, -0.15) is 0 Å². The Kier molecular flexibility index (Phi) is 3.77. The lowest BCUT2D eigenvalue weighted by Crippen LogP contribution is -1.99. The summed E-state index contributed by atoms with van der Waals surface area (Å²) in [6.07, 6.45) is 5.60. The summed E-state index contributed by atoms with van der Waals surface area (Å²) in [5.74, 6) is 1.78. The van der Waals surface area contributed by atoms with Gasteiger partial charge in [-0.25, -0.2) is 4.98 Å². The second kappa shape index (κ2) is 5.49. The smallest absolute Gasteiger partial charge is 0.144 e. The standard InChI is InChI=1S/C14H17N3O/c1-11-5-4-6-13(18-3)14(11)16-8-10-17-9-7-15-12(17)2/h4-9H,10H2,1-3H3. The zero-order valence-electron chi connectivity index (χ0n) is 10.9. The average molecular weight is 243 g/mol. The Morgan fingerprint density at radius 1 is 1.39 bits per heavy atom. The minimum absolute atomic E-state index is 0.712. The van der Waals surface area contributed by atoms with Crippen LogP contribution in [0, 0.1) is 13.8 Å². The number of rotatable bonds is 4. The summed E-state index contributed by atoms with van der Waals surface area (Å²) in [5.41, 5.74) is 1.99. The molecule has 0 aliphatic carbocycles. The van der Waals surface area contributed by atoms with E-state index in [1.807, 2.05) is 49.0 Å². The number of benzene rings is 1. The summed E-state index contributed by atoms with van der Waals surface area (Å²) in [5, 5.41) is 0. The lowest BCUT2D eigenvalue weighted by molar-refractivity contribution is 0.416. The molecule has 0 aliphatic rings. The van der Waals surface area contributed by atoms with Crippen LogP contribution in [0.3, 0.4) is 0 Å². The molecule has 0 amide bonds. The lowest BCUT2D eigenvalue weighted by Gasteiger charge is -2.06. The van der Waals surface area contributed by atoms with Gasteiger partial charge in [-0.05, 0) is 25.5 Å². The Morgan fingerprint density at radius 3 is 2.89 bits per heavy atom. The fraction of sp³-hybridized carbons (Fsp3) is 0.286. The van der Waals surface area contributed by atoms with Crippen LogP contribution >= 0.6 is 0 Å². The molecule has 18 heavy (non-hydrogen) atoms. The molecule has 0 atom stereocenters. The molecule has 4 nitrogen and oxygen atoms in total. The lowest BCUT2D eigenvalue weighted by atomic mass is 10.2. The molecule has 1 aromatic heterocycles. The van der Waals surface area contributed by atoms with E-state index in [9.17, 15) is 0 Å². The maximum absolute atomic E-state index is 5.30. The van der Waals surface area contributed by atoms with Gasteiger partial charge in [0.1, 0.15) is 17.3 Å². The molecule has 2 rings (SSSR count). The van der Waals surface area contributed by atoms with Gasteiger partial charge in [0.05, 0.1) is 13.7 Å². The van der Waals surface area contributed by atoms with E-state index in [1.165, 1.54) is 0 Å². The van der Waals surface area contributed by atoms with E-state index in [1.54, 1.807) is 13.3 Å². The first-order valence-corrected chi connectivity index (χ1v) is 5.86. The molecule has 2 aromatic rings. The molecule has 94 valence electrons. The van der Waals surface area contributed by atoms with E-state index < -0.39 is 0 Å². The van der Waals surface area contributed by atoms with E-state index in [0.29, 0.717) is 6.54 Å². The highest BCUT2D eigenvalue weighted by Crippen LogP contribution is 2.30. The molecule has 0 saturated carbocycles. The molecule has 1 heterocycles. The molecule has 0 radical (unpaired) electrons. The fourth-order valence-electron chi connectivity index (χ4n) is 1.78. The number of aliphatic imine (C=N–C) groups is 1. The second-order valence-corrected chi connectivity index (χ2v) is 4.06. The van der Waals surface area contributed by atoms with E-state index in [0.717, 1.165) is 22.8 Å². The normalized spacial score (nSPS) is 11.1. The number of aryl methyl sites for hydroxylation is 2. The van der Waals surface area contributed by atoms with Crippen LogP contribution in [-0.4, -0.2) is 22.9 Å². The third-order valence-electron chi connectivity index (χ3n) is 2.84. The molecule has 4 heteroatoms. The van der Waals surface area contributed by atoms with Gasteiger partial charge in [0.15, 0.2) is 0 Å². The molecule has 0 spiro atoms.